The minimum atomic E-state index is -0.783. The molecule has 1 unspecified atom stereocenters. The molecule has 0 saturated carbocycles. The lowest BCUT2D eigenvalue weighted by molar-refractivity contribution is -0.292. The third-order valence-electron chi connectivity index (χ3n) is 14.7. The van der Waals surface area contributed by atoms with Crippen LogP contribution in [0.2, 0.25) is 0 Å². The maximum atomic E-state index is 14.2. The Morgan fingerprint density at radius 2 is 1.55 bits per heavy atom. The molecule has 11 rings (SSSR count). The van der Waals surface area contributed by atoms with Gasteiger partial charge in [0.2, 0.25) is 5.91 Å². The first-order chi connectivity index (χ1) is 26.6. The topological polar surface area (TPSA) is 138 Å². The summed E-state index contributed by atoms with van der Waals surface area (Å²) in [6, 6.07) is 0. The van der Waals surface area contributed by atoms with Crippen LogP contribution in [0.25, 0.3) is 0 Å². The standard InChI is InChI=1S/C42H59NO12/c1-20-11-24-5-7-29-21(2)12-26(48-29)9-10-42-17-34-38(54-42)39-40(53-34)41(55-42)37-30(52-39)8-6-25(50-37)13-23(44)14-28-32(16-31(49-24)22(20)3)51-33(36(28)46-4)15-27-18-43-35(45)19-47-27/h20,24-34,36-41H,2-3,5-19H2,1,4H3,(H,43,45)/t20-,24+,25-,26+,27+,28+,29+,30+,31-,32+,33-,34-,36-,37+,38+,39+,40?,41+,42+/m1/s1. The summed E-state index contributed by atoms with van der Waals surface area (Å²) in [7, 11) is 1.70. The van der Waals surface area contributed by atoms with Crippen LogP contribution in [0.5, 0.6) is 0 Å². The second kappa shape index (κ2) is 14.8. The van der Waals surface area contributed by atoms with Gasteiger partial charge in [-0.2, -0.15) is 0 Å². The Labute approximate surface area is 323 Å². The lowest BCUT2D eigenvalue weighted by Crippen LogP contribution is -2.61. The van der Waals surface area contributed by atoms with Crippen LogP contribution in [0, 0.1) is 11.8 Å². The molecule has 11 fully saturated rings. The van der Waals surface area contributed by atoms with E-state index >= 15 is 0 Å². The second-order valence-electron chi connectivity index (χ2n) is 18.3. The second-order valence-corrected chi connectivity index (χ2v) is 18.3. The molecule has 11 heterocycles. The normalized spacial score (nSPS) is 52.5. The number of ketones is 1. The smallest absolute Gasteiger partial charge is 0.246 e. The summed E-state index contributed by atoms with van der Waals surface area (Å²) in [5, 5.41) is 2.91. The van der Waals surface area contributed by atoms with Gasteiger partial charge < -0.3 is 52.7 Å². The van der Waals surface area contributed by atoms with Crippen molar-refractivity contribution in [3.63, 3.8) is 0 Å². The van der Waals surface area contributed by atoms with Crippen molar-refractivity contribution in [2.75, 3.05) is 20.3 Å². The number of methoxy groups -OCH3 is 1. The van der Waals surface area contributed by atoms with Gasteiger partial charge in [0.25, 0.3) is 0 Å². The highest BCUT2D eigenvalue weighted by molar-refractivity contribution is 5.79. The van der Waals surface area contributed by atoms with Crippen molar-refractivity contribution in [1.29, 1.82) is 0 Å². The van der Waals surface area contributed by atoms with Gasteiger partial charge in [0.15, 0.2) is 5.79 Å². The van der Waals surface area contributed by atoms with E-state index in [1.807, 2.05) is 0 Å². The minimum Gasteiger partial charge on any atom is -0.378 e. The lowest BCUT2D eigenvalue weighted by Gasteiger charge is -2.47. The van der Waals surface area contributed by atoms with E-state index in [2.05, 4.69) is 25.4 Å². The molecule has 19 atom stereocenters. The fourth-order valence-electron chi connectivity index (χ4n) is 11.9. The van der Waals surface area contributed by atoms with Crippen molar-refractivity contribution in [3.05, 3.63) is 24.3 Å². The fourth-order valence-corrected chi connectivity index (χ4v) is 11.9. The monoisotopic (exact) mass is 769 g/mol. The molecule has 13 heteroatoms. The van der Waals surface area contributed by atoms with Gasteiger partial charge in [-0.05, 0) is 62.0 Å². The van der Waals surface area contributed by atoms with Gasteiger partial charge in [-0.15, -0.1) is 0 Å². The van der Waals surface area contributed by atoms with Crippen molar-refractivity contribution in [2.45, 2.75) is 194 Å². The van der Waals surface area contributed by atoms with Crippen molar-refractivity contribution in [3.8, 4) is 0 Å². The zero-order valence-corrected chi connectivity index (χ0v) is 32.3. The predicted molar refractivity (Wildman–Crippen MR) is 194 cm³/mol. The molecule has 12 bridgehead atoms. The van der Waals surface area contributed by atoms with E-state index in [1.165, 1.54) is 0 Å². The van der Waals surface area contributed by atoms with Crippen LogP contribution in [0.1, 0.15) is 90.4 Å². The fraction of sp³-hybridized carbons (Fsp3) is 0.857. The molecule has 304 valence electrons. The SMILES string of the molecule is C=C1C[C@@H]2CC[C@@]34C[C@H]5OC6[C@@H](O[C@H]7CC[C@H](CC(=O)C[C@@H]8[C@@H](OC)[C@@H](C[C@H]9CNC(=O)CO9)O[C@H]8C[C@H]8O[C@@H](CC[C@@H]1O2)C[C@@H](C)C8=C)O[C@@H]7[C@@H]6O3)[C@H]5O4. The average molecular weight is 770 g/mol. The molecule has 1 spiro atoms. The van der Waals surface area contributed by atoms with Gasteiger partial charge in [-0.3, -0.25) is 9.59 Å². The zero-order chi connectivity index (χ0) is 37.6. The van der Waals surface area contributed by atoms with Gasteiger partial charge >= 0.3 is 0 Å². The number of morpholine rings is 1. The van der Waals surface area contributed by atoms with Gasteiger partial charge in [0, 0.05) is 58.1 Å². The van der Waals surface area contributed by atoms with E-state index in [4.69, 9.17) is 47.4 Å². The van der Waals surface area contributed by atoms with Crippen molar-refractivity contribution in [2.24, 2.45) is 11.8 Å². The third-order valence-corrected chi connectivity index (χ3v) is 14.7. The first kappa shape index (κ1) is 37.5. The molecule has 0 aromatic carbocycles. The molecule has 11 aliphatic heterocycles. The van der Waals surface area contributed by atoms with Crippen LogP contribution in [-0.2, 0) is 57.0 Å². The third kappa shape index (κ3) is 6.99. The first-order valence-electron chi connectivity index (χ1n) is 21.2. The number of hydrogen-bond donors (Lipinski definition) is 1. The molecule has 11 aliphatic rings. The van der Waals surface area contributed by atoms with E-state index in [9.17, 15) is 9.59 Å². The predicted octanol–water partition coefficient (Wildman–Crippen LogP) is 3.63. The lowest BCUT2D eigenvalue weighted by atomic mass is 9.81. The highest BCUT2D eigenvalue weighted by Crippen LogP contribution is 2.54. The minimum absolute atomic E-state index is 0.0178. The van der Waals surface area contributed by atoms with Crippen molar-refractivity contribution >= 4 is 11.7 Å². The average Bonchev–Trinajstić information content (AvgIpc) is 3.84. The molecule has 13 nitrogen and oxygen atoms in total. The number of Topliss-reactive ketones (excluding diaryl/α,β-unsaturated/α-hetero) is 1. The van der Waals surface area contributed by atoms with Gasteiger partial charge in [-0.25, -0.2) is 0 Å². The van der Waals surface area contributed by atoms with Gasteiger partial charge in [0.1, 0.15) is 42.9 Å². The maximum absolute atomic E-state index is 14.2. The molecule has 11 saturated heterocycles. The van der Waals surface area contributed by atoms with Gasteiger partial charge in [0.05, 0.1) is 67.1 Å². The van der Waals surface area contributed by atoms with Crippen LogP contribution in [0.3, 0.4) is 0 Å². The zero-order valence-electron chi connectivity index (χ0n) is 32.3. The summed E-state index contributed by atoms with van der Waals surface area (Å²) in [4.78, 5) is 26.0. The molecule has 55 heavy (non-hydrogen) atoms. The summed E-state index contributed by atoms with van der Waals surface area (Å²) < 4.78 is 66.4. The van der Waals surface area contributed by atoms with E-state index in [1.54, 1.807) is 7.11 Å². The molecule has 1 amide bonds. The molecular weight excluding hydrogens is 710 g/mol. The Hall–Kier alpha value is -1.78. The number of ether oxygens (including phenoxy) is 10. The Kier molecular flexibility index (Phi) is 10.1. The highest BCUT2D eigenvalue weighted by atomic mass is 16.8. The summed E-state index contributed by atoms with van der Waals surface area (Å²) in [5.74, 6) is -0.704. The number of rotatable bonds is 3. The Balaban J connectivity index is 0.922. The number of nitrogens with one attached hydrogen (secondary N) is 1. The summed E-state index contributed by atoms with van der Waals surface area (Å²) >= 11 is 0. The van der Waals surface area contributed by atoms with E-state index < -0.39 is 5.79 Å². The van der Waals surface area contributed by atoms with Crippen molar-refractivity contribution < 1.29 is 57.0 Å². The first-order valence-corrected chi connectivity index (χ1v) is 21.2. The number of fused-ring (bicyclic) bond motifs is 6. The number of hydrogen-bond acceptors (Lipinski definition) is 12. The largest absolute Gasteiger partial charge is 0.378 e. The number of carbonyl (C=O) groups is 2. The van der Waals surface area contributed by atoms with Crippen LogP contribution in [0.15, 0.2) is 24.3 Å². The number of carbonyl (C=O) groups excluding carboxylic acids is 2. The maximum Gasteiger partial charge on any atom is 0.246 e. The van der Waals surface area contributed by atoms with E-state index in [-0.39, 0.29) is 134 Å². The highest BCUT2D eigenvalue weighted by Gasteiger charge is 2.68. The molecule has 0 aromatic heterocycles. The Morgan fingerprint density at radius 3 is 2.38 bits per heavy atom. The summed E-state index contributed by atoms with van der Waals surface area (Å²) in [6.45, 7) is 11.6. The van der Waals surface area contributed by atoms with Crippen molar-refractivity contribution in [1.82, 2.24) is 5.32 Å². The van der Waals surface area contributed by atoms with E-state index in [0.717, 1.165) is 56.1 Å². The van der Waals surface area contributed by atoms with E-state index in [0.29, 0.717) is 38.6 Å². The molecule has 1 N–H and O–H groups in total. The summed E-state index contributed by atoms with van der Waals surface area (Å²) in [6.07, 6.45) is 5.77. The van der Waals surface area contributed by atoms with Gasteiger partial charge in [-0.1, -0.05) is 20.1 Å². The van der Waals surface area contributed by atoms with Crippen LogP contribution < -0.4 is 5.32 Å². The molecular formula is C42H59NO12. The molecule has 0 aromatic rings. The Bertz CT molecular complexity index is 1510. The molecule has 0 aliphatic carbocycles. The van der Waals surface area contributed by atoms with Crippen LogP contribution >= 0.6 is 0 Å². The summed E-state index contributed by atoms with van der Waals surface area (Å²) in [5.41, 5.74) is 2.21. The molecule has 0 radical (unpaired) electrons. The number of amides is 1. The van der Waals surface area contributed by atoms with Crippen LogP contribution in [0.4, 0.5) is 0 Å². The quantitative estimate of drug-likeness (QED) is 0.420. The Morgan fingerprint density at radius 1 is 0.764 bits per heavy atom. The van der Waals surface area contributed by atoms with Crippen LogP contribution in [-0.4, -0.2) is 135 Å².